The van der Waals surface area contributed by atoms with Gasteiger partial charge in [-0.15, -0.1) is 5.10 Å². The summed E-state index contributed by atoms with van der Waals surface area (Å²) in [6.07, 6.45) is 0. The first-order valence-corrected chi connectivity index (χ1v) is 11.1. The molecule has 2 amide bonds. The zero-order chi connectivity index (χ0) is 22.5. The fraction of sp³-hybridized carbons (Fsp3) is 0.286. The number of hydrogen-bond donors (Lipinski definition) is 2. The van der Waals surface area contributed by atoms with E-state index in [2.05, 4.69) is 25.7 Å². The molecule has 10 nitrogen and oxygen atoms in total. The maximum absolute atomic E-state index is 12.9. The number of phenolic OH excluding ortho intramolecular Hbond substituents is 1. The molecule has 0 saturated carbocycles. The molecule has 3 aromatic rings. The molecule has 2 aromatic carbocycles. The van der Waals surface area contributed by atoms with Gasteiger partial charge < -0.3 is 20.2 Å². The maximum atomic E-state index is 12.9. The average molecular weight is 454 g/mol. The topological polar surface area (TPSA) is 116 Å². The van der Waals surface area contributed by atoms with Gasteiger partial charge in [-0.05, 0) is 46.8 Å². The van der Waals surface area contributed by atoms with Crippen molar-refractivity contribution in [3.05, 3.63) is 54.1 Å². The van der Waals surface area contributed by atoms with Crippen molar-refractivity contribution in [3.63, 3.8) is 0 Å². The maximum Gasteiger partial charge on any atom is 0.253 e. The second kappa shape index (κ2) is 9.69. The van der Waals surface area contributed by atoms with Gasteiger partial charge in [-0.2, -0.15) is 0 Å². The number of rotatable bonds is 6. The number of carbonyl (C=O) groups is 2. The molecule has 0 radical (unpaired) electrons. The molecule has 32 heavy (non-hydrogen) atoms. The number of nitrogens with zero attached hydrogens (tertiary/aromatic N) is 6. The Labute approximate surface area is 189 Å². The van der Waals surface area contributed by atoms with Crippen LogP contribution in [-0.4, -0.2) is 74.0 Å². The number of aromatic nitrogens is 4. The molecule has 1 saturated heterocycles. The molecule has 0 bridgehead atoms. The first kappa shape index (κ1) is 21.6. The Bertz CT molecular complexity index is 1090. The van der Waals surface area contributed by atoms with Gasteiger partial charge in [0.2, 0.25) is 11.1 Å². The largest absolute Gasteiger partial charge is 0.506 e. The quantitative estimate of drug-likeness (QED) is 0.541. The summed E-state index contributed by atoms with van der Waals surface area (Å²) < 4.78 is 1.50. The highest BCUT2D eigenvalue weighted by atomic mass is 32.2. The Kier molecular flexibility index (Phi) is 6.55. The van der Waals surface area contributed by atoms with Gasteiger partial charge in [0.25, 0.3) is 5.91 Å². The van der Waals surface area contributed by atoms with E-state index in [9.17, 15) is 14.7 Å². The number of aromatic hydroxyl groups is 1. The van der Waals surface area contributed by atoms with Crippen LogP contribution >= 0.6 is 11.8 Å². The van der Waals surface area contributed by atoms with Crippen LogP contribution in [0, 0.1) is 0 Å². The molecule has 1 aliphatic rings. The highest BCUT2D eigenvalue weighted by Gasteiger charge is 2.23. The van der Waals surface area contributed by atoms with Crippen LogP contribution in [-0.2, 0) is 11.8 Å². The molecule has 0 atom stereocenters. The molecular weight excluding hydrogens is 430 g/mol. The number of piperazine rings is 1. The zero-order valence-electron chi connectivity index (χ0n) is 17.5. The van der Waals surface area contributed by atoms with E-state index in [0.29, 0.717) is 42.6 Å². The lowest BCUT2D eigenvalue weighted by molar-refractivity contribution is -0.113. The van der Waals surface area contributed by atoms with Gasteiger partial charge in [-0.1, -0.05) is 23.9 Å². The Balaban J connectivity index is 1.28. The van der Waals surface area contributed by atoms with Crippen molar-refractivity contribution in [1.29, 1.82) is 0 Å². The molecule has 166 valence electrons. The number of tetrazole rings is 1. The van der Waals surface area contributed by atoms with E-state index in [-0.39, 0.29) is 23.3 Å². The first-order chi connectivity index (χ1) is 15.5. The van der Waals surface area contributed by atoms with Crippen molar-refractivity contribution in [2.75, 3.05) is 42.1 Å². The lowest BCUT2D eigenvalue weighted by atomic mass is 10.1. The second-order valence-electron chi connectivity index (χ2n) is 7.27. The van der Waals surface area contributed by atoms with Crippen molar-refractivity contribution in [3.8, 4) is 5.75 Å². The summed E-state index contributed by atoms with van der Waals surface area (Å²) in [6.45, 7) is 2.44. The summed E-state index contributed by atoms with van der Waals surface area (Å²) in [5, 5.41) is 24.5. The fourth-order valence-electron chi connectivity index (χ4n) is 3.43. The summed E-state index contributed by atoms with van der Waals surface area (Å²) in [5.41, 5.74) is 1.97. The molecule has 0 aliphatic carbocycles. The number of anilines is 2. The van der Waals surface area contributed by atoms with E-state index >= 15 is 0 Å². The minimum absolute atomic E-state index is 0.0508. The third-order valence-electron chi connectivity index (χ3n) is 5.12. The van der Waals surface area contributed by atoms with Crippen LogP contribution in [0.1, 0.15) is 10.4 Å². The van der Waals surface area contributed by atoms with Crippen molar-refractivity contribution < 1.29 is 14.7 Å². The number of phenols is 1. The predicted octanol–water partition coefficient (Wildman–Crippen LogP) is 1.61. The van der Waals surface area contributed by atoms with E-state index < -0.39 is 0 Å². The van der Waals surface area contributed by atoms with E-state index in [4.69, 9.17) is 0 Å². The van der Waals surface area contributed by atoms with Crippen LogP contribution in [0.4, 0.5) is 11.4 Å². The van der Waals surface area contributed by atoms with Crippen LogP contribution in [0.2, 0.25) is 0 Å². The van der Waals surface area contributed by atoms with Crippen molar-refractivity contribution in [1.82, 2.24) is 25.1 Å². The minimum atomic E-state index is -0.183. The third-order valence-corrected chi connectivity index (χ3v) is 6.13. The molecule has 1 aliphatic heterocycles. The van der Waals surface area contributed by atoms with E-state index in [0.717, 1.165) is 5.69 Å². The Morgan fingerprint density at radius 2 is 1.78 bits per heavy atom. The smallest absolute Gasteiger partial charge is 0.253 e. The third kappa shape index (κ3) is 4.99. The van der Waals surface area contributed by atoms with Crippen LogP contribution < -0.4 is 10.2 Å². The van der Waals surface area contributed by atoms with Crippen LogP contribution in [0.25, 0.3) is 0 Å². The summed E-state index contributed by atoms with van der Waals surface area (Å²) in [5.74, 6) is 0.190. The molecule has 1 aromatic heterocycles. The molecule has 0 unspecified atom stereocenters. The van der Waals surface area contributed by atoms with Gasteiger partial charge in [0.1, 0.15) is 5.75 Å². The number of hydrogen-bond acceptors (Lipinski definition) is 8. The molecule has 11 heteroatoms. The number of aryl methyl sites for hydroxylation is 1. The van der Waals surface area contributed by atoms with Gasteiger partial charge in [0.05, 0.1) is 11.4 Å². The molecule has 2 heterocycles. The molecule has 1 fully saturated rings. The second-order valence-corrected chi connectivity index (χ2v) is 8.21. The Morgan fingerprint density at radius 3 is 2.44 bits per heavy atom. The Hall–Kier alpha value is -3.60. The number of nitrogens with one attached hydrogen (secondary N) is 1. The average Bonchev–Trinajstić information content (AvgIpc) is 3.23. The normalized spacial score (nSPS) is 13.8. The van der Waals surface area contributed by atoms with Gasteiger partial charge >= 0.3 is 0 Å². The lowest BCUT2D eigenvalue weighted by Crippen LogP contribution is -2.48. The van der Waals surface area contributed by atoms with Gasteiger partial charge in [0.15, 0.2) is 0 Å². The Morgan fingerprint density at radius 1 is 1.06 bits per heavy atom. The van der Waals surface area contributed by atoms with E-state index in [1.54, 1.807) is 48.3 Å². The van der Waals surface area contributed by atoms with Crippen LogP contribution in [0.5, 0.6) is 5.75 Å². The van der Waals surface area contributed by atoms with Gasteiger partial charge in [-0.3, -0.25) is 9.59 Å². The molecule has 2 N–H and O–H groups in total. The van der Waals surface area contributed by atoms with Crippen LogP contribution in [0.3, 0.4) is 0 Å². The molecule has 0 spiro atoms. The lowest BCUT2D eigenvalue weighted by Gasteiger charge is -2.36. The minimum Gasteiger partial charge on any atom is -0.506 e. The molecule has 4 rings (SSSR count). The summed E-state index contributed by atoms with van der Waals surface area (Å²) in [4.78, 5) is 28.9. The SMILES string of the molecule is Cn1nnnc1SCC(=O)Nc1ccc(C(=O)N2CCN(c3ccccc3O)CC2)cc1. The zero-order valence-corrected chi connectivity index (χ0v) is 18.3. The number of amides is 2. The number of para-hydroxylation sites is 2. The van der Waals surface area contributed by atoms with Crippen molar-refractivity contribution >= 4 is 35.0 Å². The predicted molar refractivity (Wildman–Crippen MR) is 121 cm³/mol. The van der Waals surface area contributed by atoms with E-state index in [1.165, 1.54) is 16.4 Å². The number of benzene rings is 2. The number of thioether (sulfide) groups is 1. The highest BCUT2D eigenvalue weighted by Crippen LogP contribution is 2.27. The number of carbonyl (C=O) groups excluding carboxylic acids is 2. The molecular formula is C21H23N7O3S. The van der Waals surface area contributed by atoms with Gasteiger partial charge in [-0.25, -0.2) is 4.68 Å². The van der Waals surface area contributed by atoms with E-state index in [1.807, 2.05) is 12.1 Å². The van der Waals surface area contributed by atoms with Crippen LogP contribution in [0.15, 0.2) is 53.7 Å². The summed E-state index contributed by atoms with van der Waals surface area (Å²) >= 11 is 1.24. The highest BCUT2D eigenvalue weighted by molar-refractivity contribution is 7.99. The summed E-state index contributed by atoms with van der Waals surface area (Å²) in [7, 11) is 1.71. The van der Waals surface area contributed by atoms with Crippen molar-refractivity contribution in [2.24, 2.45) is 7.05 Å². The standard InChI is InChI=1S/C21H23N7O3S/c1-26-21(23-24-25-26)32-14-19(30)22-16-8-6-15(7-9-16)20(31)28-12-10-27(11-13-28)17-4-2-3-5-18(17)29/h2-9,29H,10-14H2,1H3,(H,22,30). The monoisotopic (exact) mass is 453 g/mol. The first-order valence-electron chi connectivity index (χ1n) is 10.1. The fourth-order valence-corrected chi connectivity index (χ4v) is 4.08. The van der Waals surface area contributed by atoms with Crippen molar-refractivity contribution in [2.45, 2.75) is 5.16 Å². The van der Waals surface area contributed by atoms with Gasteiger partial charge in [0, 0.05) is 44.5 Å². The summed E-state index contributed by atoms with van der Waals surface area (Å²) in [6, 6.07) is 14.1.